The molecule has 0 atom stereocenters. The number of nitrogens with one attached hydrogen (secondary N) is 2. The van der Waals surface area contributed by atoms with Crippen LogP contribution in [0.4, 0.5) is 22.7 Å². The summed E-state index contributed by atoms with van der Waals surface area (Å²) < 4.78 is 0. The summed E-state index contributed by atoms with van der Waals surface area (Å²) in [7, 11) is 0. The highest BCUT2D eigenvalue weighted by Crippen LogP contribution is 2.36. The number of rotatable bonds is 4. The fourth-order valence-corrected chi connectivity index (χ4v) is 5.51. The van der Waals surface area contributed by atoms with E-state index in [0.717, 1.165) is 39.3 Å². The van der Waals surface area contributed by atoms with E-state index in [1.54, 1.807) is 23.5 Å². The number of thiophene rings is 1. The molecule has 5 nitrogen and oxygen atoms in total. The Morgan fingerprint density at radius 1 is 0.842 bits per heavy atom. The van der Waals surface area contributed by atoms with Crippen LogP contribution in [0.1, 0.15) is 31.8 Å². The number of hydrogen-bond acceptors (Lipinski definition) is 4. The largest absolute Gasteiger partial charge is 0.354 e. The molecule has 186 valence electrons. The molecule has 5 aromatic rings. The SMILES string of the molecule is Cc1cc(NC(=O)c2ccccc2-c2ccsc2)ccc1C(=O)N1Cc2ccccc2Nc2ccccc21. The van der Waals surface area contributed by atoms with Gasteiger partial charge in [0, 0.05) is 22.5 Å². The molecule has 6 rings (SSSR count). The van der Waals surface area contributed by atoms with Crippen molar-refractivity contribution in [1.82, 2.24) is 0 Å². The van der Waals surface area contributed by atoms with Gasteiger partial charge in [-0.2, -0.15) is 11.3 Å². The first-order valence-corrected chi connectivity index (χ1v) is 13.3. The van der Waals surface area contributed by atoms with E-state index in [1.807, 2.05) is 108 Å². The molecule has 1 aromatic heterocycles. The Morgan fingerprint density at radius 3 is 2.42 bits per heavy atom. The van der Waals surface area contributed by atoms with Crippen molar-refractivity contribution in [1.29, 1.82) is 0 Å². The van der Waals surface area contributed by atoms with E-state index in [9.17, 15) is 9.59 Å². The Kier molecular flexibility index (Phi) is 6.23. The Hall–Kier alpha value is -4.68. The topological polar surface area (TPSA) is 61.4 Å². The van der Waals surface area contributed by atoms with Crippen LogP contribution in [0.3, 0.4) is 0 Å². The number of aryl methyl sites for hydroxylation is 1. The van der Waals surface area contributed by atoms with Gasteiger partial charge in [-0.1, -0.05) is 48.5 Å². The minimum Gasteiger partial charge on any atom is -0.354 e. The quantitative estimate of drug-likeness (QED) is 0.256. The third-order valence-corrected chi connectivity index (χ3v) is 7.46. The van der Waals surface area contributed by atoms with Gasteiger partial charge in [0.25, 0.3) is 11.8 Å². The van der Waals surface area contributed by atoms with Crippen molar-refractivity contribution in [2.45, 2.75) is 13.5 Å². The van der Waals surface area contributed by atoms with Crippen LogP contribution < -0.4 is 15.5 Å². The van der Waals surface area contributed by atoms with Crippen LogP contribution in [0.25, 0.3) is 11.1 Å². The van der Waals surface area contributed by atoms with Crippen LogP contribution in [0, 0.1) is 6.92 Å². The number of para-hydroxylation sites is 3. The highest BCUT2D eigenvalue weighted by molar-refractivity contribution is 7.08. The summed E-state index contributed by atoms with van der Waals surface area (Å²) in [5, 5.41) is 10.5. The molecule has 0 radical (unpaired) electrons. The molecule has 1 aliphatic heterocycles. The third-order valence-electron chi connectivity index (χ3n) is 6.77. The first kappa shape index (κ1) is 23.7. The van der Waals surface area contributed by atoms with Crippen LogP contribution in [-0.2, 0) is 6.54 Å². The molecule has 0 fully saturated rings. The highest BCUT2D eigenvalue weighted by Gasteiger charge is 2.26. The van der Waals surface area contributed by atoms with Crippen LogP contribution in [0.15, 0.2) is 108 Å². The van der Waals surface area contributed by atoms with Crippen molar-refractivity contribution >= 4 is 45.9 Å². The van der Waals surface area contributed by atoms with Crippen LogP contribution in [-0.4, -0.2) is 11.8 Å². The number of anilines is 4. The maximum atomic E-state index is 13.9. The molecule has 6 heteroatoms. The standard InChI is InChI=1S/C32H25N3O2S/c1-21-18-24(33-31(36)27-10-4-3-9-26(27)23-16-17-38-20-23)14-15-25(21)32(37)35-19-22-8-2-5-11-28(22)34-29-12-6-7-13-30(29)35/h2-18,20,34H,19H2,1H3,(H,33,36). The zero-order valence-electron chi connectivity index (χ0n) is 20.8. The maximum Gasteiger partial charge on any atom is 0.258 e. The van der Waals surface area contributed by atoms with Gasteiger partial charge in [-0.3, -0.25) is 9.59 Å². The van der Waals surface area contributed by atoms with Gasteiger partial charge in [-0.05, 0) is 88.5 Å². The molecule has 1 aliphatic rings. The van der Waals surface area contributed by atoms with Crippen molar-refractivity contribution < 1.29 is 9.59 Å². The van der Waals surface area contributed by atoms with E-state index in [-0.39, 0.29) is 11.8 Å². The van der Waals surface area contributed by atoms with Crippen LogP contribution in [0.2, 0.25) is 0 Å². The lowest BCUT2D eigenvalue weighted by atomic mass is 10.0. The lowest BCUT2D eigenvalue weighted by Crippen LogP contribution is -2.30. The van der Waals surface area contributed by atoms with Crippen molar-refractivity contribution in [2.75, 3.05) is 15.5 Å². The molecule has 0 saturated heterocycles. The van der Waals surface area contributed by atoms with Gasteiger partial charge in [-0.15, -0.1) is 0 Å². The maximum absolute atomic E-state index is 13.9. The van der Waals surface area contributed by atoms with E-state index in [4.69, 9.17) is 0 Å². The summed E-state index contributed by atoms with van der Waals surface area (Å²) in [5.74, 6) is -0.275. The first-order valence-electron chi connectivity index (χ1n) is 12.4. The number of carbonyl (C=O) groups excluding carboxylic acids is 2. The molecular formula is C32H25N3O2S. The van der Waals surface area contributed by atoms with E-state index in [2.05, 4.69) is 10.6 Å². The zero-order chi connectivity index (χ0) is 26.1. The van der Waals surface area contributed by atoms with Gasteiger partial charge < -0.3 is 15.5 Å². The second-order valence-corrected chi connectivity index (χ2v) is 10.0. The summed E-state index contributed by atoms with van der Waals surface area (Å²) in [4.78, 5) is 28.9. The van der Waals surface area contributed by atoms with E-state index in [0.29, 0.717) is 23.4 Å². The molecule has 0 spiro atoms. The molecule has 2 N–H and O–H groups in total. The van der Waals surface area contributed by atoms with Gasteiger partial charge in [-0.25, -0.2) is 0 Å². The zero-order valence-corrected chi connectivity index (χ0v) is 21.6. The minimum atomic E-state index is -0.186. The fraction of sp³-hybridized carbons (Fsp3) is 0.0625. The summed E-state index contributed by atoms with van der Waals surface area (Å²) in [6.45, 7) is 2.36. The lowest BCUT2D eigenvalue weighted by molar-refractivity contribution is 0.0983. The van der Waals surface area contributed by atoms with Gasteiger partial charge in [0.2, 0.25) is 0 Å². The molecule has 4 aromatic carbocycles. The van der Waals surface area contributed by atoms with Crippen molar-refractivity contribution in [3.63, 3.8) is 0 Å². The number of amides is 2. The number of hydrogen-bond donors (Lipinski definition) is 2. The first-order chi connectivity index (χ1) is 18.6. The van der Waals surface area contributed by atoms with Crippen LogP contribution >= 0.6 is 11.3 Å². The Labute approximate surface area is 225 Å². The second kappa shape index (κ2) is 10.00. The lowest BCUT2D eigenvalue weighted by Gasteiger charge is -2.24. The summed E-state index contributed by atoms with van der Waals surface area (Å²) in [6.07, 6.45) is 0. The molecule has 0 bridgehead atoms. The number of nitrogens with zero attached hydrogens (tertiary/aromatic N) is 1. The monoisotopic (exact) mass is 515 g/mol. The summed E-state index contributed by atoms with van der Waals surface area (Å²) in [6, 6.07) is 30.9. The Morgan fingerprint density at radius 2 is 1.61 bits per heavy atom. The van der Waals surface area contributed by atoms with E-state index >= 15 is 0 Å². The van der Waals surface area contributed by atoms with E-state index < -0.39 is 0 Å². The van der Waals surface area contributed by atoms with Crippen molar-refractivity contribution in [3.8, 4) is 11.1 Å². The van der Waals surface area contributed by atoms with Gasteiger partial charge >= 0.3 is 0 Å². The fourth-order valence-electron chi connectivity index (χ4n) is 4.85. The second-order valence-electron chi connectivity index (χ2n) is 9.23. The Balaban J connectivity index is 1.28. The Bertz CT molecular complexity index is 1660. The number of fused-ring (bicyclic) bond motifs is 2. The predicted octanol–water partition coefficient (Wildman–Crippen LogP) is 7.88. The van der Waals surface area contributed by atoms with Crippen molar-refractivity contribution in [2.24, 2.45) is 0 Å². The third kappa shape index (κ3) is 4.46. The predicted molar refractivity (Wildman–Crippen MR) is 156 cm³/mol. The average Bonchev–Trinajstić information content (AvgIpc) is 3.42. The summed E-state index contributed by atoms with van der Waals surface area (Å²) in [5.41, 5.74) is 8.30. The molecule has 0 unspecified atom stereocenters. The van der Waals surface area contributed by atoms with E-state index in [1.165, 1.54) is 0 Å². The average molecular weight is 516 g/mol. The normalized spacial score (nSPS) is 12.1. The molecule has 0 saturated carbocycles. The molecular weight excluding hydrogens is 490 g/mol. The summed E-state index contributed by atoms with van der Waals surface area (Å²) >= 11 is 1.60. The highest BCUT2D eigenvalue weighted by atomic mass is 32.1. The van der Waals surface area contributed by atoms with Gasteiger partial charge in [0.1, 0.15) is 0 Å². The molecule has 2 heterocycles. The minimum absolute atomic E-state index is 0.0888. The van der Waals surface area contributed by atoms with Gasteiger partial charge in [0.05, 0.1) is 17.9 Å². The van der Waals surface area contributed by atoms with Gasteiger partial charge in [0.15, 0.2) is 0 Å². The molecule has 2 amide bonds. The smallest absolute Gasteiger partial charge is 0.258 e. The van der Waals surface area contributed by atoms with Crippen LogP contribution in [0.5, 0.6) is 0 Å². The van der Waals surface area contributed by atoms with Crippen molar-refractivity contribution in [3.05, 3.63) is 130 Å². The number of benzene rings is 4. The molecule has 38 heavy (non-hydrogen) atoms. The number of carbonyl (C=O) groups is 2. The molecule has 0 aliphatic carbocycles.